The Morgan fingerprint density at radius 2 is 1.75 bits per heavy atom. The van der Waals surface area contributed by atoms with Crippen LogP contribution in [0.5, 0.6) is 5.75 Å². The molecule has 0 amide bonds. The summed E-state index contributed by atoms with van der Waals surface area (Å²) < 4.78 is 5.59. The number of hydrogen-bond donors (Lipinski definition) is 1. The molecule has 1 N–H and O–H groups in total. The molecule has 0 radical (unpaired) electrons. The SMILES string of the molecule is CN(C)CCN(C)CCCOc1ccc(C(=O)O)cc1. The van der Waals surface area contributed by atoms with Crippen LogP contribution < -0.4 is 4.74 Å². The molecule has 0 aliphatic rings. The van der Waals surface area contributed by atoms with Crippen molar-refractivity contribution in [2.45, 2.75) is 6.42 Å². The van der Waals surface area contributed by atoms with Crippen LogP contribution in [0.3, 0.4) is 0 Å². The summed E-state index contributed by atoms with van der Waals surface area (Å²) in [5.74, 6) is -0.204. The second-order valence-electron chi connectivity index (χ2n) is 5.14. The molecular formula is C15H24N2O3. The number of carboxylic acids is 1. The highest BCUT2D eigenvalue weighted by Gasteiger charge is 2.03. The van der Waals surface area contributed by atoms with E-state index in [1.54, 1.807) is 24.3 Å². The van der Waals surface area contributed by atoms with E-state index in [9.17, 15) is 4.79 Å². The summed E-state index contributed by atoms with van der Waals surface area (Å²) in [5, 5.41) is 8.79. The molecule has 20 heavy (non-hydrogen) atoms. The van der Waals surface area contributed by atoms with Gasteiger partial charge < -0.3 is 19.6 Å². The van der Waals surface area contributed by atoms with Gasteiger partial charge in [-0.3, -0.25) is 0 Å². The minimum absolute atomic E-state index is 0.278. The number of rotatable bonds is 9. The molecule has 1 aromatic carbocycles. The topological polar surface area (TPSA) is 53.0 Å². The molecule has 5 nitrogen and oxygen atoms in total. The molecule has 0 spiro atoms. The first-order valence-electron chi connectivity index (χ1n) is 6.78. The molecule has 112 valence electrons. The Labute approximate surface area is 120 Å². The van der Waals surface area contributed by atoms with Crippen molar-refractivity contribution in [3.63, 3.8) is 0 Å². The van der Waals surface area contributed by atoms with Crippen LogP contribution in [0.15, 0.2) is 24.3 Å². The Morgan fingerprint density at radius 1 is 1.10 bits per heavy atom. The normalized spacial score (nSPS) is 11.1. The third-order valence-corrected chi connectivity index (χ3v) is 2.98. The standard InChI is InChI=1S/C15H24N2O3/c1-16(2)10-11-17(3)9-4-12-20-14-7-5-13(6-8-14)15(18)19/h5-8H,4,9-12H2,1-3H3,(H,18,19). The van der Waals surface area contributed by atoms with E-state index < -0.39 is 5.97 Å². The van der Waals surface area contributed by atoms with Crippen molar-refractivity contribution in [1.82, 2.24) is 9.80 Å². The Kier molecular flexibility index (Phi) is 7.04. The van der Waals surface area contributed by atoms with Crippen LogP contribution >= 0.6 is 0 Å². The molecule has 0 aliphatic heterocycles. The molecule has 0 atom stereocenters. The Hall–Kier alpha value is -1.59. The van der Waals surface area contributed by atoms with Crippen LogP contribution in [-0.4, -0.2) is 68.3 Å². The lowest BCUT2D eigenvalue weighted by Crippen LogP contribution is -2.29. The fourth-order valence-electron chi connectivity index (χ4n) is 1.70. The van der Waals surface area contributed by atoms with Gasteiger partial charge in [0.15, 0.2) is 0 Å². The van der Waals surface area contributed by atoms with E-state index in [0.29, 0.717) is 12.4 Å². The van der Waals surface area contributed by atoms with Crippen molar-refractivity contribution in [3.8, 4) is 5.75 Å². The monoisotopic (exact) mass is 280 g/mol. The molecule has 1 rings (SSSR count). The minimum Gasteiger partial charge on any atom is -0.494 e. The van der Waals surface area contributed by atoms with Gasteiger partial charge in [-0.25, -0.2) is 4.79 Å². The van der Waals surface area contributed by atoms with Crippen molar-refractivity contribution in [2.75, 3.05) is 47.4 Å². The lowest BCUT2D eigenvalue weighted by molar-refractivity contribution is 0.0697. The molecule has 0 bridgehead atoms. The number of nitrogens with zero attached hydrogens (tertiary/aromatic N) is 2. The van der Waals surface area contributed by atoms with Crippen molar-refractivity contribution in [1.29, 1.82) is 0 Å². The van der Waals surface area contributed by atoms with Crippen LogP contribution in [-0.2, 0) is 0 Å². The number of ether oxygens (including phenoxy) is 1. The van der Waals surface area contributed by atoms with Gasteiger partial charge in [-0.15, -0.1) is 0 Å². The lowest BCUT2D eigenvalue weighted by Gasteiger charge is -2.19. The van der Waals surface area contributed by atoms with Gasteiger partial charge in [0.2, 0.25) is 0 Å². The highest BCUT2D eigenvalue weighted by Crippen LogP contribution is 2.12. The van der Waals surface area contributed by atoms with Crippen LogP contribution in [0.1, 0.15) is 16.8 Å². The van der Waals surface area contributed by atoms with Crippen LogP contribution in [0.4, 0.5) is 0 Å². The molecule has 0 saturated carbocycles. The maximum atomic E-state index is 10.7. The molecule has 0 fully saturated rings. The first-order chi connectivity index (χ1) is 9.49. The summed E-state index contributed by atoms with van der Waals surface area (Å²) in [4.78, 5) is 15.1. The molecule has 0 heterocycles. The summed E-state index contributed by atoms with van der Waals surface area (Å²) in [7, 11) is 6.24. The highest BCUT2D eigenvalue weighted by molar-refractivity contribution is 5.87. The zero-order valence-corrected chi connectivity index (χ0v) is 12.5. The zero-order chi connectivity index (χ0) is 15.0. The number of aromatic carboxylic acids is 1. The molecule has 1 aromatic rings. The fourth-order valence-corrected chi connectivity index (χ4v) is 1.70. The number of likely N-dealkylation sites (N-methyl/N-ethyl adjacent to an activating group) is 2. The van der Waals surface area contributed by atoms with Gasteiger partial charge in [0, 0.05) is 19.6 Å². The zero-order valence-electron chi connectivity index (χ0n) is 12.5. The molecule has 0 aromatic heterocycles. The van der Waals surface area contributed by atoms with Gasteiger partial charge in [-0.05, 0) is 51.8 Å². The number of carboxylic acid groups (broad SMARTS) is 1. The van der Waals surface area contributed by atoms with Crippen LogP contribution in [0, 0.1) is 0 Å². The first kappa shape index (κ1) is 16.5. The summed E-state index contributed by atoms with van der Waals surface area (Å²) in [6.45, 7) is 3.72. The summed E-state index contributed by atoms with van der Waals surface area (Å²) in [6.07, 6.45) is 0.949. The number of benzene rings is 1. The number of hydrogen-bond acceptors (Lipinski definition) is 4. The van der Waals surface area contributed by atoms with E-state index in [-0.39, 0.29) is 5.56 Å². The summed E-state index contributed by atoms with van der Waals surface area (Å²) in [6, 6.07) is 6.50. The molecule has 0 saturated heterocycles. The van der Waals surface area contributed by atoms with Gasteiger partial charge in [0.1, 0.15) is 5.75 Å². The maximum Gasteiger partial charge on any atom is 0.335 e. The van der Waals surface area contributed by atoms with Gasteiger partial charge in [-0.2, -0.15) is 0 Å². The van der Waals surface area contributed by atoms with Crippen molar-refractivity contribution >= 4 is 5.97 Å². The quantitative estimate of drug-likeness (QED) is 0.697. The van der Waals surface area contributed by atoms with Crippen molar-refractivity contribution in [2.24, 2.45) is 0 Å². The second-order valence-corrected chi connectivity index (χ2v) is 5.14. The summed E-state index contributed by atoms with van der Waals surface area (Å²) >= 11 is 0. The van der Waals surface area contributed by atoms with E-state index in [1.165, 1.54) is 0 Å². The van der Waals surface area contributed by atoms with Gasteiger partial charge in [0.05, 0.1) is 12.2 Å². The third-order valence-electron chi connectivity index (χ3n) is 2.98. The van der Waals surface area contributed by atoms with Crippen LogP contribution in [0.2, 0.25) is 0 Å². The smallest absolute Gasteiger partial charge is 0.335 e. The summed E-state index contributed by atoms with van der Waals surface area (Å²) in [5.41, 5.74) is 0.278. The van der Waals surface area contributed by atoms with Gasteiger partial charge in [0.25, 0.3) is 0 Å². The third kappa shape index (κ3) is 6.54. The van der Waals surface area contributed by atoms with Crippen molar-refractivity contribution < 1.29 is 14.6 Å². The predicted octanol–water partition coefficient (Wildman–Crippen LogP) is 1.65. The number of carbonyl (C=O) groups is 1. The Morgan fingerprint density at radius 3 is 2.30 bits per heavy atom. The van der Waals surface area contributed by atoms with E-state index >= 15 is 0 Å². The lowest BCUT2D eigenvalue weighted by atomic mass is 10.2. The van der Waals surface area contributed by atoms with E-state index in [2.05, 4.69) is 30.9 Å². The van der Waals surface area contributed by atoms with E-state index in [4.69, 9.17) is 9.84 Å². The second kappa shape index (κ2) is 8.55. The van der Waals surface area contributed by atoms with Crippen LogP contribution in [0.25, 0.3) is 0 Å². The maximum absolute atomic E-state index is 10.7. The Balaban J connectivity index is 2.19. The predicted molar refractivity (Wildman–Crippen MR) is 79.6 cm³/mol. The van der Waals surface area contributed by atoms with E-state index in [1.807, 2.05) is 0 Å². The molecule has 0 aliphatic carbocycles. The van der Waals surface area contributed by atoms with Gasteiger partial charge >= 0.3 is 5.97 Å². The molecule has 5 heteroatoms. The Bertz CT molecular complexity index is 404. The molecule has 0 unspecified atom stereocenters. The largest absolute Gasteiger partial charge is 0.494 e. The van der Waals surface area contributed by atoms with Gasteiger partial charge in [-0.1, -0.05) is 0 Å². The van der Waals surface area contributed by atoms with Crippen molar-refractivity contribution in [3.05, 3.63) is 29.8 Å². The average Bonchev–Trinajstić information content (AvgIpc) is 2.42. The minimum atomic E-state index is -0.918. The fraction of sp³-hybridized carbons (Fsp3) is 0.533. The first-order valence-corrected chi connectivity index (χ1v) is 6.78. The van der Waals surface area contributed by atoms with E-state index in [0.717, 1.165) is 26.1 Å². The average molecular weight is 280 g/mol. The highest BCUT2D eigenvalue weighted by atomic mass is 16.5. The molecular weight excluding hydrogens is 256 g/mol.